The van der Waals surface area contributed by atoms with Crippen LogP contribution < -0.4 is 0 Å². The predicted molar refractivity (Wildman–Crippen MR) is 365 cm³/mol. The first kappa shape index (κ1) is 47.7. The Kier molecular flexibility index (Phi) is 10.2. The third-order valence-electron chi connectivity index (χ3n) is 17.9. The van der Waals surface area contributed by atoms with Crippen LogP contribution in [0.1, 0.15) is 0 Å². The molecule has 0 spiro atoms. The second-order valence-electron chi connectivity index (χ2n) is 22.5. The highest BCUT2D eigenvalue weighted by atomic mass is 31.1. The highest BCUT2D eigenvalue weighted by Gasteiger charge is 2.34. The third kappa shape index (κ3) is 6.57. The lowest BCUT2D eigenvalue weighted by Gasteiger charge is -2.33. The van der Waals surface area contributed by atoms with Gasteiger partial charge in [0.25, 0.3) is 0 Å². The van der Waals surface area contributed by atoms with Gasteiger partial charge in [-0.3, -0.25) is 0 Å². The van der Waals surface area contributed by atoms with E-state index < -0.39 is 14.7 Å². The van der Waals surface area contributed by atoms with Crippen molar-refractivity contribution < 1.29 is 0 Å². The number of para-hydroxylation sites is 6. The molecule has 6 nitrogen and oxygen atoms in total. The molecule has 86 heavy (non-hydrogen) atoms. The van der Waals surface area contributed by atoms with Crippen LogP contribution >= 0.6 is 14.7 Å². The lowest BCUT2D eigenvalue weighted by Crippen LogP contribution is -2.14. The van der Waals surface area contributed by atoms with Gasteiger partial charge >= 0.3 is 0 Å². The van der Waals surface area contributed by atoms with E-state index in [-0.39, 0.29) is 0 Å². The van der Waals surface area contributed by atoms with Crippen molar-refractivity contribution in [2.75, 3.05) is 0 Å². The number of aromatic nitrogens is 6. The lowest BCUT2D eigenvalue weighted by molar-refractivity contribution is 1.11. The van der Waals surface area contributed by atoms with E-state index in [1.54, 1.807) is 0 Å². The highest BCUT2D eigenvalue weighted by Crippen LogP contribution is 2.64. The largest absolute Gasteiger partial charge is 0.308 e. The van der Waals surface area contributed by atoms with Gasteiger partial charge in [0.15, 0.2) is 0 Å². The summed E-state index contributed by atoms with van der Waals surface area (Å²) in [5.74, 6) is 0. The first-order valence-corrected chi connectivity index (χ1v) is 32.1. The normalized spacial score (nSPS) is 12.2. The van der Waals surface area contributed by atoms with Crippen LogP contribution in [0.25, 0.3) is 153 Å². The van der Waals surface area contributed by atoms with Gasteiger partial charge in [-0.15, -0.1) is 0 Å². The van der Waals surface area contributed by atoms with Gasteiger partial charge in [-0.05, 0) is 144 Å². The Morgan fingerprint density at radius 1 is 0.163 bits per heavy atom. The van der Waals surface area contributed by atoms with Gasteiger partial charge in [0, 0.05) is 54.6 Å². The van der Waals surface area contributed by atoms with E-state index in [2.05, 4.69) is 331 Å². The molecule has 0 aliphatic rings. The summed E-state index contributed by atoms with van der Waals surface area (Å²) in [5.41, 5.74) is 25.9. The first-order valence-electron chi connectivity index (χ1n) is 29.4. The molecule has 0 N–H and O–H groups in total. The molecular formula is C78H50N6P2. The summed E-state index contributed by atoms with van der Waals surface area (Å²) in [7, 11) is -2.66. The zero-order valence-corrected chi connectivity index (χ0v) is 48.2. The molecule has 0 atom stereocenters. The van der Waals surface area contributed by atoms with E-state index in [9.17, 15) is 0 Å². The van der Waals surface area contributed by atoms with E-state index in [4.69, 9.17) is 0 Å². The fourth-order valence-corrected chi connectivity index (χ4v) is 20.8. The average molecular weight is 1130 g/mol. The number of hydrogen-bond donors (Lipinski definition) is 0. The number of nitrogens with zero attached hydrogens (tertiary/aromatic N) is 6. The van der Waals surface area contributed by atoms with Gasteiger partial charge in [-0.25, -0.2) is 0 Å². The third-order valence-corrected chi connectivity index (χ3v) is 23.3. The minimum absolute atomic E-state index is 1.11. The smallest absolute Gasteiger partial charge is 0.0852 e. The summed E-state index contributed by atoms with van der Waals surface area (Å²) in [6, 6.07) is 114. The van der Waals surface area contributed by atoms with Gasteiger partial charge in [-0.1, -0.05) is 197 Å². The quantitative estimate of drug-likeness (QED) is 0.107. The summed E-state index contributed by atoms with van der Waals surface area (Å²) in [6.07, 6.45) is 0. The minimum atomic E-state index is -1.37. The van der Waals surface area contributed by atoms with Crippen LogP contribution in [0.5, 0.6) is 0 Å². The minimum Gasteiger partial charge on any atom is -0.308 e. The Morgan fingerprint density at radius 2 is 0.372 bits per heavy atom. The van der Waals surface area contributed by atoms with Gasteiger partial charge < -0.3 is 27.4 Å². The maximum atomic E-state index is 2.70. The van der Waals surface area contributed by atoms with Gasteiger partial charge in [0.05, 0.1) is 76.4 Å². The molecule has 0 unspecified atom stereocenters. The van der Waals surface area contributed by atoms with Crippen molar-refractivity contribution in [2.45, 2.75) is 0 Å². The number of rotatable bonds is 8. The molecule has 402 valence electrons. The van der Waals surface area contributed by atoms with Gasteiger partial charge in [-0.2, -0.15) is 0 Å². The zero-order chi connectivity index (χ0) is 56.1. The fourth-order valence-electron chi connectivity index (χ4n) is 14.6. The van der Waals surface area contributed by atoms with Crippen LogP contribution in [0.3, 0.4) is 0 Å². The first-order chi connectivity index (χ1) is 42.8. The maximum absolute atomic E-state index is 2.70. The van der Waals surface area contributed by atoms with E-state index in [1.165, 1.54) is 119 Å². The molecule has 6 aromatic heterocycles. The Labute approximate surface area is 495 Å². The van der Waals surface area contributed by atoms with Crippen molar-refractivity contribution in [3.63, 3.8) is 0 Å². The van der Waals surface area contributed by atoms with E-state index in [0.29, 0.717) is 0 Å². The van der Waals surface area contributed by atoms with Crippen LogP contribution in [0.4, 0.5) is 0 Å². The SMILES string of the molecule is c1ccc(-c2cc3c4c(c2)n(-c2ccccc2)c2c5c6c(c7c2p4c2c(cc(-c4ccccc4)cc2n7-c2ccccc2)n3-c2ccccc2)n(-c2ccccc2)c2cccc3c2p6c2c(cccc2n5-c2ccccc2)n3-c2ccccc2)cc1. The lowest BCUT2D eigenvalue weighted by atomic mass is 10.0. The van der Waals surface area contributed by atoms with Crippen LogP contribution in [0, 0.1) is 0 Å². The second-order valence-corrected chi connectivity index (χ2v) is 26.6. The van der Waals surface area contributed by atoms with E-state index >= 15 is 0 Å². The van der Waals surface area contributed by atoms with Crippen molar-refractivity contribution in [2.24, 2.45) is 0 Å². The molecule has 0 aliphatic carbocycles. The van der Waals surface area contributed by atoms with Crippen molar-refractivity contribution in [3.05, 3.63) is 303 Å². The Hall–Kier alpha value is -10.7. The predicted octanol–water partition coefficient (Wildman–Crippen LogP) is 21.9. The molecule has 0 bridgehead atoms. The van der Waals surface area contributed by atoms with E-state index in [0.717, 1.165) is 34.1 Å². The molecule has 0 amide bonds. The van der Waals surface area contributed by atoms with E-state index in [1.807, 2.05) is 0 Å². The number of hydrogen-bond acceptors (Lipinski definition) is 0. The van der Waals surface area contributed by atoms with Gasteiger partial charge in [0.2, 0.25) is 0 Å². The van der Waals surface area contributed by atoms with Crippen LogP contribution in [0.15, 0.2) is 303 Å². The van der Waals surface area contributed by atoms with Crippen molar-refractivity contribution in [3.8, 4) is 56.4 Å². The zero-order valence-electron chi connectivity index (χ0n) is 46.4. The molecule has 0 fully saturated rings. The molecule has 19 rings (SSSR count). The van der Waals surface area contributed by atoms with Gasteiger partial charge in [0.1, 0.15) is 0 Å². The molecular weight excluding hydrogens is 1080 g/mol. The Balaban J connectivity index is 1.24. The summed E-state index contributed by atoms with van der Waals surface area (Å²) < 4.78 is 15.9. The molecule has 0 radical (unpaired) electrons. The van der Waals surface area contributed by atoms with Crippen LogP contribution in [-0.4, -0.2) is 27.4 Å². The molecule has 0 saturated carbocycles. The van der Waals surface area contributed by atoms with Crippen molar-refractivity contribution >= 4 is 112 Å². The maximum Gasteiger partial charge on any atom is 0.0852 e. The van der Waals surface area contributed by atoms with Crippen LogP contribution in [0.2, 0.25) is 0 Å². The Morgan fingerprint density at radius 3 is 0.663 bits per heavy atom. The molecule has 6 heterocycles. The number of benzene rings is 13. The highest BCUT2D eigenvalue weighted by molar-refractivity contribution is 7.65. The second kappa shape index (κ2) is 18.4. The molecule has 0 aliphatic heterocycles. The average Bonchev–Trinajstić information content (AvgIpc) is 0.655. The topological polar surface area (TPSA) is 29.6 Å². The molecule has 13 aromatic carbocycles. The number of fused-ring (bicyclic) bond motifs is 2. The molecule has 19 aromatic rings. The van der Waals surface area contributed by atoms with Crippen molar-refractivity contribution in [1.29, 1.82) is 0 Å². The Bertz CT molecular complexity index is 5570. The molecule has 0 saturated heterocycles. The van der Waals surface area contributed by atoms with Crippen molar-refractivity contribution in [1.82, 2.24) is 27.4 Å². The molecule has 8 heteroatoms. The van der Waals surface area contributed by atoms with Crippen LogP contribution in [-0.2, 0) is 0 Å². The summed E-state index contributed by atoms with van der Waals surface area (Å²) >= 11 is 0. The fraction of sp³-hybridized carbons (Fsp3) is 0. The standard InChI is InChI=1S/C78H50N6P2/c1-9-27-51(28-10-1)53-47-65-75-67(49-53)83(59-39-21-7-22-40-59)71-69-77-70(72-78(71)86(75)76-66(80(65)56-33-15-4-16-34-56)48-54(52-29-11-2-12-30-52)50-68(76)84(72)60-41-23-8-24-42-60)82(58-37-19-6-20-38-58)64-46-26-44-62-74(64)85(77)73-61(79(62)55-31-13-3-14-32-55)43-25-45-63(73)81(69)57-35-17-5-18-36-57/h1-50H. The summed E-state index contributed by atoms with van der Waals surface area (Å²) in [6.45, 7) is 0. The summed E-state index contributed by atoms with van der Waals surface area (Å²) in [4.78, 5) is 0. The summed E-state index contributed by atoms with van der Waals surface area (Å²) in [5, 5.41) is 8.10. The monoisotopic (exact) mass is 1130 g/mol.